The first kappa shape index (κ1) is 17.5. The summed E-state index contributed by atoms with van der Waals surface area (Å²) < 4.78 is 10.5. The van der Waals surface area contributed by atoms with Gasteiger partial charge in [-0.2, -0.15) is 0 Å². The molecule has 0 saturated carbocycles. The number of hydrogen-bond acceptors (Lipinski definition) is 3. The highest BCUT2D eigenvalue weighted by atomic mass is 16.5. The lowest BCUT2D eigenvalue weighted by Crippen LogP contribution is -1.93. The maximum atomic E-state index is 11.0. The van der Waals surface area contributed by atoms with E-state index in [2.05, 4.69) is 29.0 Å². The molecule has 0 bridgehead atoms. The molecule has 0 fully saturated rings. The Morgan fingerprint density at radius 2 is 2.04 bits per heavy atom. The highest BCUT2D eigenvalue weighted by Crippen LogP contribution is 2.34. The predicted octanol–water partition coefficient (Wildman–Crippen LogP) is 5.23. The molecule has 0 spiro atoms. The first-order valence-electron chi connectivity index (χ1n) is 9.12. The lowest BCUT2D eigenvalue weighted by Gasteiger charge is -2.05. The van der Waals surface area contributed by atoms with Gasteiger partial charge in [-0.1, -0.05) is 24.3 Å². The van der Waals surface area contributed by atoms with Crippen molar-refractivity contribution in [3.63, 3.8) is 0 Å². The zero-order valence-electron chi connectivity index (χ0n) is 15.1. The quantitative estimate of drug-likeness (QED) is 0.300. The number of hydrogen-bond donors (Lipinski definition) is 0. The molecule has 0 unspecified atom stereocenters. The molecule has 3 heteroatoms. The summed E-state index contributed by atoms with van der Waals surface area (Å²) in [5, 5.41) is 1.32. The summed E-state index contributed by atoms with van der Waals surface area (Å²) in [4.78, 5) is 11.0. The van der Waals surface area contributed by atoms with Crippen LogP contribution < -0.4 is 0 Å². The number of carbonyl (C=O) groups excluding carboxylic acids is 1. The average Bonchev–Trinajstić information content (AvgIpc) is 3.22. The van der Waals surface area contributed by atoms with Crippen LogP contribution >= 0.6 is 0 Å². The number of ether oxygens (including phenoxy) is 1. The van der Waals surface area contributed by atoms with E-state index >= 15 is 0 Å². The molecule has 0 N–H and O–H groups in total. The lowest BCUT2D eigenvalue weighted by atomic mass is 9.99. The van der Waals surface area contributed by atoms with Crippen molar-refractivity contribution in [2.45, 2.75) is 51.9 Å². The van der Waals surface area contributed by atoms with E-state index < -0.39 is 0 Å². The highest BCUT2D eigenvalue weighted by molar-refractivity contribution is 5.86. The average molecular weight is 338 g/mol. The van der Waals surface area contributed by atoms with Crippen LogP contribution in [-0.2, 0) is 28.8 Å². The lowest BCUT2D eigenvalue weighted by molar-refractivity contribution is -0.134. The Morgan fingerprint density at radius 3 is 2.88 bits per heavy atom. The van der Waals surface area contributed by atoms with E-state index in [-0.39, 0.29) is 5.97 Å². The van der Waals surface area contributed by atoms with Gasteiger partial charge in [0, 0.05) is 11.5 Å². The van der Waals surface area contributed by atoms with Gasteiger partial charge in [-0.3, -0.25) is 0 Å². The van der Waals surface area contributed by atoms with E-state index in [1.54, 1.807) is 0 Å². The number of rotatable bonds is 7. The molecule has 0 atom stereocenters. The third-order valence-electron chi connectivity index (χ3n) is 4.78. The van der Waals surface area contributed by atoms with Gasteiger partial charge in [0.2, 0.25) is 0 Å². The molecule has 1 aliphatic rings. The third kappa shape index (κ3) is 4.22. The molecular weight excluding hydrogens is 312 g/mol. The Bertz CT molecular complexity index is 808. The zero-order valence-corrected chi connectivity index (χ0v) is 15.1. The first-order valence-corrected chi connectivity index (χ1v) is 9.12. The maximum Gasteiger partial charge on any atom is 0.330 e. The van der Waals surface area contributed by atoms with Crippen molar-refractivity contribution in [3.8, 4) is 0 Å². The minimum Gasteiger partial charge on any atom is -0.466 e. The van der Waals surface area contributed by atoms with Gasteiger partial charge >= 0.3 is 5.97 Å². The van der Waals surface area contributed by atoms with Crippen LogP contribution in [0.2, 0.25) is 0 Å². The van der Waals surface area contributed by atoms with Crippen LogP contribution in [0.4, 0.5) is 0 Å². The minimum absolute atomic E-state index is 0.287. The summed E-state index contributed by atoms with van der Waals surface area (Å²) in [6.07, 6.45) is 15.3. The number of unbranched alkanes of at least 4 members (excludes halogenated alkanes) is 2. The fourth-order valence-corrected chi connectivity index (χ4v) is 3.57. The molecule has 0 amide bonds. The van der Waals surface area contributed by atoms with Crippen LogP contribution in [0.15, 0.2) is 40.9 Å². The van der Waals surface area contributed by atoms with Crippen molar-refractivity contribution < 1.29 is 13.9 Å². The Labute approximate surface area is 149 Å². The topological polar surface area (TPSA) is 39.4 Å². The minimum atomic E-state index is -0.287. The third-order valence-corrected chi connectivity index (χ3v) is 4.78. The van der Waals surface area contributed by atoms with E-state index in [9.17, 15) is 4.79 Å². The van der Waals surface area contributed by atoms with Gasteiger partial charge in [0.15, 0.2) is 0 Å². The van der Waals surface area contributed by atoms with Gasteiger partial charge in [-0.05, 0) is 74.6 Å². The maximum absolute atomic E-state index is 11.0. The number of methoxy groups -OCH3 is 1. The SMILES string of the molecule is COC(=O)/C=C/CCC/C=C/Cc1cc2c(c3cc(C)oc13)CCC2. The van der Waals surface area contributed by atoms with Crippen molar-refractivity contribution in [1.82, 2.24) is 0 Å². The van der Waals surface area contributed by atoms with Gasteiger partial charge in [-0.25, -0.2) is 4.79 Å². The van der Waals surface area contributed by atoms with Crippen molar-refractivity contribution in [3.05, 3.63) is 58.9 Å². The van der Waals surface area contributed by atoms with Crippen molar-refractivity contribution in [1.29, 1.82) is 0 Å². The zero-order chi connectivity index (χ0) is 17.6. The molecule has 0 aliphatic heterocycles. The molecule has 3 rings (SSSR count). The molecule has 2 aromatic rings. The van der Waals surface area contributed by atoms with E-state index in [0.717, 1.165) is 37.0 Å². The summed E-state index contributed by atoms with van der Waals surface area (Å²) in [5.41, 5.74) is 5.37. The molecule has 1 heterocycles. The molecule has 1 aromatic heterocycles. The molecule has 25 heavy (non-hydrogen) atoms. The predicted molar refractivity (Wildman–Crippen MR) is 101 cm³/mol. The number of fused-ring (bicyclic) bond motifs is 3. The summed E-state index contributed by atoms with van der Waals surface area (Å²) in [6.45, 7) is 2.03. The van der Waals surface area contributed by atoms with Crippen LogP contribution in [0.1, 0.15) is 48.1 Å². The van der Waals surface area contributed by atoms with Crippen LogP contribution in [0.25, 0.3) is 11.0 Å². The Morgan fingerprint density at radius 1 is 1.20 bits per heavy atom. The van der Waals surface area contributed by atoms with E-state index in [1.165, 1.54) is 54.5 Å². The Balaban J connectivity index is 1.58. The van der Waals surface area contributed by atoms with Crippen molar-refractivity contribution in [2.75, 3.05) is 7.11 Å². The fraction of sp³-hybridized carbons (Fsp3) is 0.409. The molecule has 0 saturated heterocycles. The van der Waals surface area contributed by atoms with Crippen LogP contribution in [0.5, 0.6) is 0 Å². The monoisotopic (exact) mass is 338 g/mol. The number of carbonyl (C=O) groups is 1. The fourth-order valence-electron chi connectivity index (χ4n) is 3.57. The second-order valence-electron chi connectivity index (χ2n) is 6.66. The largest absolute Gasteiger partial charge is 0.466 e. The smallest absolute Gasteiger partial charge is 0.330 e. The number of allylic oxidation sites excluding steroid dienone is 3. The Kier molecular flexibility index (Phi) is 5.75. The number of benzene rings is 1. The number of esters is 1. The summed E-state index contributed by atoms with van der Waals surface area (Å²) in [7, 11) is 1.39. The van der Waals surface area contributed by atoms with E-state index in [0.29, 0.717) is 0 Å². The summed E-state index contributed by atoms with van der Waals surface area (Å²) >= 11 is 0. The van der Waals surface area contributed by atoms with E-state index in [1.807, 2.05) is 13.0 Å². The van der Waals surface area contributed by atoms with Gasteiger partial charge in [-0.15, -0.1) is 0 Å². The second-order valence-corrected chi connectivity index (χ2v) is 6.66. The van der Waals surface area contributed by atoms with Gasteiger partial charge in [0.1, 0.15) is 11.3 Å². The first-order chi connectivity index (χ1) is 12.2. The molecule has 0 radical (unpaired) electrons. The number of furan rings is 1. The van der Waals surface area contributed by atoms with Crippen LogP contribution in [0.3, 0.4) is 0 Å². The summed E-state index contributed by atoms with van der Waals surface area (Å²) in [5.74, 6) is 0.711. The van der Waals surface area contributed by atoms with E-state index in [4.69, 9.17) is 4.42 Å². The van der Waals surface area contributed by atoms with Crippen LogP contribution in [0, 0.1) is 6.92 Å². The second kappa shape index (κ2) is 8.19. The summed E-state index contributed by atoms with van der Waals surface area (Å²) in [6, 6.07) is 4.54. The van der Waals surface area contributed by atoms with Gasteiger partial charge in [0.05, 0.1) is 7.11 Å². The molecule has 1 aromatic carbocycles. The van der Waals surface area contributed by atoms with Gasteiger partial charge < -0.3 is 9.15 Å². The van der Waals surface area contributed by atoms with Crippen LogP contribution in [-0.4, -0.2) is 13.1 Å². The molecule has 1 aliphatic carbocycles. The standard InChI is InChI=1S/C22H26O3/c1-16-14-20-19-12-9-11-17(19)15-18(22(20)25-16)10-7-5-3-4-6-8-13-21(23)24-2/h5,7-8,13-15H,3-4,6,9-12H2,1-2H3/b7-5+,13-8+. The molecule has 132 valence electrons. The normalized spacial score (nSPS) is 14.0. The van der Waals surface area contributed by atoms with Crippen molar-refractivity contribution in [2.24, 2.45) is 0 Å². The molecule has 3 nitrogen and oxygen atoms in total. The molecular formula is C22H26O3. The Hall–Kier alpha value is -2.29. The number of aryl methyl sites for hydroxylation is 3. The highest BCUT2D eigenvalue weighted by Gasteiger charge is 2.18. The van der Waals surface area contributed by atoms with Gasteiger partial charge in [0.25, 0.3) is 0 Å². The van der Waals surface area contributed by atoms with Crippen molar-refractivity contribution >= 4 is 16.9 Å².